The van der Waals surface area contributed by atoms with Crippen LogP contribution in [0.3, 0.4) is 0 Å². The summed E-state index contributed by atoms with van der Waals surface area (Å²) in [5.74, 6) is 0. The first-order valence-corrected chi connectivity index (χ1v) is 36.9. The molecule has 14 aromatic carbocycles. The van der Waals surface area contributed by atoms with E-state index in [1.807, 2.05) is 24.3 Å². The van der Waals surface area contributed by atoms with Crippen LogP contribution in [0.1, 0.15) is 0 Å². The second kappa shape index (κ2) is 22.1. The molecule has 0 N–H and O–H groups in total. The Bertz CT molecular complexity index is 5250. The van der Waals surface area contributed by atoms with Crippen LogP contribution < -0.4 is 19.6 Å². The van der Waals surface area contributed by atoms with Crippen LogP contribution in [0.15, 0.2) is 364 Å². The van der Waals surface area contributed by atoms with Crippen molar-refractivity contribution in [2.45, 2.75) is 49.0 Å². The van der Waals surface area contributed by atoms with E-state index >= 15 is 8.42 Å². The molecule has 0 amide bonds. The van der Waals surface area contributed by atoms with E-state index in [-0.39, 0.29) is 9.79 Å². The highest BCUT2D eigenvalue weighted by atomic mass is 32.2. The normalized spacial score (nSPS) is 13.6. The van der Waals surface area contributed by atoms with Gasteiger partial charge < -0.3 is 28.7 Å². The van der Waals surface area contributed by atoms with Gasteiger partial charge in [0, 0.05) is 94.8 Å². The van der Waals surface area contributed by atoms with Crippen LogP contribution in [0.2, 0.25) is 0 Å². The third-order valence-electron chi connectivity index (χ3n) is 19.0. The van der Waals surface area contributed by atoms with Gasteiger partial charge in [0.25, 0.3) is 0 Å². The molecule has 0 unspecified atom stereocenters. The Labute approximate surface area is 577 Å². The number of hydrogen-bond donors (Lipinski definition) is 0. The van der Waals surface area contributed by atoms with E-state index in [0.717, 1.165) is 123 Å². The molecule has 2 aromatic heterocycles. The molecule has 4 aliphatic rings. The molecule has 0 radical (unpaired) electrons. The summed E-state index contributed by atoms with van der Waals surface area (Å²) in [6.07, 6.45) is 0. The van der Waals surface area contributed by atoms with Crippen molar-refractivity contribution < 1.29 is 8.42 Å². The summed E-state index contributed by atoms with van der Waals surface area (Å²) in [5, 5.41) is 4.30. The van der Waals surface area contributed by atoms with Crippen molar-refractivity contribution in [3.63, 3.8) is 0 Å². The Morgan fingerprint density at radius 2 is 0.392 bits per heavy atom. The molecule has 0 saturated carbocycles. The summed E-state index contributed by atoms with van der Waals surface area (Å²) in [6.45, 7) is 0. The van der Waals surface area contributed by atoms with Gasteiger partial charge in [0.05, 0.1) is 77.4 Å². The van der Waals surface area contributed by atoms with Gasteiger partial charge in [0.1, 0.15) is 0 Å². The zero-order chi connectivity index (χ0) is 64.0. The van der Waals surface area contributed by atoms with Crippen LogP contribution >= 0.6 is 47.0 Å². The lowest BCUT2D eigenvalue weighted by Gasteiger charge is -2.33. The second-order valence-electron chi connectivity index (χ2n) is 24.5. The maximum absolute atomic E-state index is 15.1. The Morgan fingerprint density at radius 3 is 0.598 bits per heavy atom. The molecule has 0 atom stereocenters. The first kappa shape index (κ1) is 56.6. The van der Waals surface area contributed by atoms with E-state index in [2.05, 4.69) is 296 Å². The zero-order valence-electron chi connectivity index (χ0n) is 51.6. The minimum atomic E-state index is -4.00. The SMILES string of the molecule is O=S(=O)(c1ccc(-n2c3ccc(N4c5ccccc5Sc5ccccc54)cc3c3cc(N4c5ccccc5Sc5ccccc54)ccc32)cc1)c1ccc(-n2c3ccc(N4c5ccccc5Sc5ccccc54)cc3c3cc(N4c5ccccc5Sc5ccccc54)ccc32)cc1. The Kier molecular flexibility index (Phi) is 12.9. The van der Waals surface area contributed by atoms with E-state index in [9.17, 15) is 0 Å². The number of hydrogen-bond acceptors (Lipinski definition) is 10. The van der Waals surface area contributed by atoms with Gasteiger partial charge in [-0.1, -0.05) is 144 Å². The summed E-state index contributed by atoms with van der Waals surface area (Å²) in [4.78, 5) is 19.5. The van der Waals surface area contributed by atoms with Crippen molar-refractivity contribution in [2.75, 3.05) is 19.6 Å². The van der Waals surface area contributed by atoms with Gasteiger partial charge >= 0.3 is 0 Å². The van der Waals surface area contributed by atoms with Crippen molar-refractivity contribution in [1.29, 1.82) is 0 Å². The van der Waals surface area contributed by atoms with Crippen LogP contribution in [0.4, 0.5) is 68.2 Å². The van der Waals surface area contributed by atoms with Gasteiger partial charge in [-0.2, -0.15) is 0 Å². The summed E-state index contributed by atoms with van der Waals surface area (Å²) in [7, 11) is -4.00. The summed E-state index contributed by atoms with van der Waals surface area (Å²) >= 11 is 7.20. The molecule has 13 heteroatoms. The summed E-state index contributed by atoms with van der Waals surface area (Å²) in [5.41, 5.74) is 19.0. The molecule has 16 aromatic rings. The molecule has 0 fully saturated rings. The van der Waals surface area contributed by atoms with Crippen LogP contribution in [0.25, 0.3) is 55.0 Å². The molecule has 97 heavy (non-hydrogen) atoms. The average Bonchev–Trinajstić information content (AvgIpc) is 1.59. The molecule has 8 nitrogen and oxygen atoms in total. The molecule has 0 saturated heterocycles. The van der Waals surface area contributed by atoms with E-state index in [1.54, 1.807) is 71.3 Å². The van der Waals surface area contributed by atoms with E-state index in [1.165, 1.54) is 39.2 Å². The molecular weight excluding hydrogens is 1290 g/mol. The number of sulfone groups is 1. The van der Waals surface area contributed by atoms with Crippen molar-refractivity contribution in [1.82, 2.24) is 9.13 Å². The fourth-order valence-electron chi connectivity index (χ4n) is 14.7. The fourth-order valence-corrected chi connectivity index (χ4v) is 20.2. The van der Waals surface area contributed by atoms with Crippen LogP contribution in [0.5, 0.6) is 0 Å². The molecule has 6 heterocycles. The number of anilines is 12. The largest absolute Gasteiger partial charge is 0.309 e. The number of benzene rings is 14. The van der Waals surface area contributed by atoms with Crippen molar-refractivity contribution in [3.8, 4) is 11.4 Å². The smallest absolute Gasteiger partial charge is 0.206 e. The number of nitrogens with zero attached hydrogens (tertiary/aromatic N) is 6. The first-order chi connectivity index (χ1) is 47.8. The zero-order valence-corrected chi connectivity index (χ0v) is 55.6. The van der Waals surface area contributed by atoms with Crippen molar-refractivity contribution in [2.24, 2.45) is 0 Å². The number of rotatable bonds is 8. The molecular formula is C84H52N6O2S5. The standard InChI is InChI=1S/C84H52N6O2S5/c91-97(92,59-41-33-53(34-42-59)85-65-45-37-55(87-69-17-1-9-25-77(69)93-78-26-10-2-18-70(78)87)49-61(65)62-50-56(38-46-66(62)85)88-71-19-3-11-27-79(71)94-80-28-12-4-20-72(80)88)60-43-35-54(36-44-60)86-67-47-39-57(89-73-21-5-13-29-81(73)95-82-30-14-6-22-74(82)89)51-63(67)64-52-58(40-48-68(64)86)90-75-23-7-15-31-83(75)96-84-32-16-8-24-76(84)90/h1-52H. The van der Waals surface area contributed by atoms with E-state index in [0.29, 0.717) is 0 Å². The van der Waals surface area contributed by atoms with E-state index in [4.69, 9.17) is 0 Å². The predicted octanol–water partition coefficient (Wildman–Crippen LogP) is 24.5. The van der Waals surface area contributed by atoms with Gasteiger partial charge in [0.15, 0.2) is 0 Å². The average molecular weight is 1340 g/mol. The maximum Gasteiger partial charge on any atom is 0.206 e. The lowest BCUT2D eigenvalue weighted by molar-refractivity contribution is 0.596. The molecule has 0 spiro atoms. The monoisotopic (exact) mass is 1340 g/mol. The Hall–Kier alpha value is -10.8. The highest BCUT2D eigenvalue weighted by Gasteiger charge is 2.32. The van der Waals surface area contributed by atoms with Gasteiger partial charge in [-0.3, -0.25) is 0 Å². The number of fused-ring (bicyclic) bond motifs is 14. The second-order valence-corrected chi connectivity index (χ2v) is 30.7. The first-order valence-electron chi connectivity index (χ1n) is 32.1. The van der Waals surface area contributed by atoms with Gasteiger partial charge in [0.2, 0.25) is 9.84 Å². The highest BCUT2D eigenvalue weighted by Crippen LogP contribution is 2.57. The topological polar surface area (TPSA) is 57.0 Å². The Balaban J connectivity index is 0.693. The third kappa shape index (κ3) is 8.92. The lowest BCUT2D eigenvalue weighted by Crippen LogP contribution is -2.14. The predicted molar refractivity (Wildman–Crippen MR) is 402 cm³/mol. The molecule has 460 valence electrons. The Morgan fingerprint density at radius 1 is 0.206 bits per heavy atom. The highest BCUT2D eigenvalue weighted by molar-refractivity contribution is 8.00. The number of para-hydroxylation sites is 8. The molecule has 0 bridgehead atoms. The lowest BCUT2D eigenvalue weighted by atomic mass is 10.1. The van der Waals surface area contributed by atoms with Crippen LogP contribution in [0, 0.1) is 0 Å². The van der Waals surface area contributed by atoms with Gasteiger partial charge in [-0.15, -0.1) is 0 Å². The fraction of sp³-hybridized carbons (Fsp3) is 0. The maximum atomic E-state index is 15.1. The van der Waals surface area contributed by atoms with Crippen LogP contribution in [-0.2, 0) is 9.84 Å². The van der Waals surface area contributed by atoms with Gasteiger partial charge in [-0.05, 0) is 218 Å². The van der Waals surface area contributed by atoms with E-state index < -0.39 is 9.84 Å². The summed E-state index contributed by atoms with van der Waals surface area (Å²) < 4.78 is 34.7. The minimum Gasteiger partial charge on any atom is -0.309 e. The molecule has 4 aliphatic heterocycles. The third-order valence-corrected chi connectivity index (χ3v) is 25.3. The van der Waals surface area contributed by atoms with Crippen molar-refractivity contribution in [3.05, 3.63) is 315 Å². The molecule has 0 aliphatic carbocycles. The number of aromatic nitrogens is 2. The van der Waals surface area contributed by atoms with Gasteiger partial charge in [-0.25, -0.2) is 8.42 Å². The molecule has 20 rings (SSSR count). The van der Waals surface area contributed by atoms with Crippen LogP contribution in [-0.4, -0.2) is 17.6 Å². The quantitative estimate of drug-likeness (QED) is 0.147. The van der Waals surface area contributed by atoms with Crippen molar-refractivity contribution >= 4 is 169 Å². The summed E-state index contributed by atoms with van der Waals surface area (Å²) in [6, 6.07) is 111. The minimum absolute atomic E-state index is 0.213.